The van der Waals surface area contributed by atoms with Gasteiger partial charge in [0.25, 0.3) is 0 Å². The van der Waals surface area contributed by atoms with E-state index in [1.54, 1.807) is 0 Å². The Morgan fingerprint density at radius 1 is 1.37 bits per heavy atom. The van der Waals surface area contributed by atoms with Crippen LogP contribution >= 0.6 is 0 Å². The summed E-state index contributed by atoms with van der Waals surface area (Å²) in [6.45, 7) is 5.99. The molecule has 0 atom stereocenters. The smallest absolute Gasteiger partial charge is 0.373 e. The molecule has 0 bridgehead atoms. The maximum atomic E-state index is 11.2. The SMILES string of the molecule is Cc1ccccc1-c1nc(CC(C)C)c(C(=O)O)o1. The highest BCUT2D eigenvalue weighted by molar-refractivity contribution is 5.86. The van der Waals surface area contributed by atoms with Crippen molar-refractivity contribution in [3.05, 3.63) is 41.3 Å². The van der Waals surface area contributed by atoms with E-state index in [2.05, 4.69) is 4.98 Å². The quantitative estimate of drug-likeness (QED) is 0.912. The van der Waals surface area contributed by atoms with E-state index in [0.29, 0.717) is 23.9 Å². The van der Waals surface area contributed by atoms with E-state index in [1.165, 1.54) is 0 Å². The highest BCUT2D eigenvalue weighted by Gasteiger charge is 2.21. The normalized spacial score (nSPS) is 10.9. The summed E-state index contributed by atoms with van der Waals surface area (Å²) in [6.07, 6.45) is 0.594. The second-order valence-corrected chi connectivity index (χ2v) is 5.01. The van der Waals surface area contributed by atoms with E-state index < -0.39 is 5.97 Å². The molecule has 1 aromatic heterocycles. The Hall–Kier alpha value is -2.10. The molecule has 0 spiro atoms. The van der Waals surface area contributed by atoms with Crippen LogP contribution in [0, 0.1) is 12.8 Å². The molecule has 1 aromatic carbocycles. The number of hydrogen-bond donors (Lipinski definition) is 1. The fraction of sp³-hybridized carbons (Fsp3) is 0.333. The van der Waals surface area contributed by atoms with E-state index in [0.717, 1.165) is 11.1 Å². The molecule has 0 aliphatic heterocycles. The number of benzene rings is 1. The van der Waals surface area contributed by atoms with Crippen molar-refractivity contribution in [3.8, 4) is 11.5 Å². The minimum atomic E-state index is -1.07. The molecule has 0 saturated carbocycles. The number of rotatable bonds is 4. The van der Waals surface area contributed by atoms with E-state index in [4.69, 9.17) is 4.42 Å². The predicted molar refractivity (Wildman–Crippen MR) is 72.2 cm³/mol. The van der Waals surface area contributed by atoms with Gasteiger partial charge < -0.3 is 9.52 Å². The standard InChI is InChI=1S/C15H17NO3/c1-9(2)8-12-13(15(17)18)19-14(16-12)11-7-5-4-6-10(11)3/h4-7,9H,8H2,1-3H3,(H,17,18). The van der Waals surface area contributed by atoms with Crippen LogP contribution in [0.4, 0.5) is 0 Å². The van der Waals surface area contributed by atoms with E-state index >= 15 is 0 Å². The van der Waals surface area contributed by atoms with Gasteiger partial charge in [0.1, 0.15) is 0 Å². The highest BCUT2D eigenvalue weighted by Crippen LogP contribution is 2.26. The largest absolute Gasteiger partial charge is 0.475 e. The van der Waals surface area contributed by atoms with Crippen LogP contribution in [0.1, 0.15) is 35.7 Å². The summed E-state index contributed by atoms with van der Waals surface area (Å²) in [6, 6.07) is 7.64. The molecule has 19 heavy (non-hydrogen) atoms. The lowest BCUT2D eigenvalue weighted by molar-refractivity contribution is 0.0661. The first-order valence-electron chi connectivity index (χ1n) is 6.28. The van der Waals surface area contributed by atoms with Crippen LogP contribution in [-0.4, -0.2) is 16.1 Å². The molecule has 4 heteroatoms. The van der Waals surface area contributed by atoms with Gasteiger partial charge in [0.2, 0.25) is 11.7 Å². The molecule has 1 heterocycles. The molecule has 0 saturated heterocycles. The van der Waals surface area contributed by atoms with Gasteiger partial charge in [-0.1, -0.05) is 32.0 Å². The summed E-state index contributed by atoms with van der Waals surface area (Å²) in [7, 11) is 0. The Balaban J connectivity index is 2.49. The zero-order valence-corrected chi connectivity index (χ0v) is 11.3. The maximum Gasteiger partial charge on any atom is 0.373 e. The van der Waals surface area contributed by atoms with E-state index in [1.807, 2.05) is 45.0 Å². The van der Waals surface area contributed by atoms with Gasteiger partial charge in [-0.15, -0.1) is 0 Å². The molecule has 1 N–H and O–H groups in total. The van der Waals surface area contributed by atoms with Crippen molar-refractivity contribution in [1.82, 2.24) is 4.98 Å². The van der Waals surface area contributed by atoms with Gasteiger partial charge in [0, 0.05) is 5.56 Å². The summed E-state index contributed by atoms with van der Waals surface area (Å²) < 4.78 is 5.43. The lowest BCUT2D eigenvalue weighted by atomic mass is 10.1. The van der Waals surface area contributed by atoms with Crippen LogP contribution < -0.4 is 0 Å². The van der Waals surface area contributed by atoms with Crippen molar-refractivity contribution in [1.29, 1.82) is 0 Å². The molecule has 100 valence electrons. The molecular formula is C15H17NO3. The van der Waals surface area contributed by atoms with Crippen LogP contribution in [0.2, 0.25) is 0 Å². The van der Waals surface area contributed by atoms with Crippen LogP contribution in [-0.2, 0) is 6.42 Å². The first kappa shape index (κ1) is 13.3. The monoisotopic (exact) mass is 259 g/mol. The number of carboxylic acids is 1. The van der Waals surface area contributed by atoms with Crippen LogP contribution in [0.3, 0.4) is 0 Å². The molecule has 2 aromatic rings. The predicted octanol–water partition coefficient (Wildman–Crippen LogP) is 3.55. The fourth-order valence-corrected chi connectivity index (χ4v) is 1.97. The van der Waals surface area contributed by atoms with Crippen molar-refractivity contribution in [2.24, 2.45) is 5.92 Å². The fourth-order valence-electron chi connectivity index (χ4n) is 1.97. The molecule has 0 aliphatic rings. The summed E-state index contributed by atoms with van der Waals surface area (Å²) in [4.78, 5) is 15.6. The lowest BCUT2D eigenvalue weighted by Gasteiger charge is -2.00. The number of carboxylic acid groups (broad SMARTS) is 1. The Morgan fingerprint density at radius 2 is 2.05 bits per heavy atom. The van der Waals surface area contributed by atoms with Gasteiger partial charge in [0.15, 0.2) is 0 Å². The Bertz CT molecular complexity index is 599. The number of oxazole rings is 1. The maximum absolute atomic E-state index is 11.2. The van der Waals surface area contributed by atoms with Crippen molar-refractivity contribution >= 4 is 5.97 Å². The number of carbonyl (C=O) groups is 1. The average molecular weight is 259 g/mol. The number of aromatic nitrogens is 1. The topological polar surface area (TPSA) is 63.3 Å². The zero-order valence-electron chi connectivity index (χ0n) is 11.3. The van der Waals surface area contributed by atoms with Gasteiger partial charge >= 0.3 is 5.97 Å². The van der Waals surface area contributed by atoms with Crippen molar-refractivity contribution < 1.29 is 14.3 Å². The van der Waals surface area contributed by atoms with Crippen LogP contribution in [0.15, 0.2) is 28.7 Å². The van der Waals surface area contributed by atoms with Crippen molar-refractivity contribution in [2.75, 3.05) is 0 Å². The summed E-state index contributed by atoms with van der Waals surface area (Å²) in [5.74, 6) is -0.408. The Kier molecular flexibility index (Phi) is 3.69. The Morgan fingerprint density at radius 3 is 2.63 bits per heavy atom. The third-order valence-corrected chi connectivity index (χ3v) is 2.87. The second-order valence-electron chi connectivity index (χ2n) is 5.01. The van der Waals surface area contributed by atoms with Gasteiger partial charge in [-0.2, -0.15) is 0 Å². The van der Waals surface area contributed by atoms with Gasteiger partial charge in [-0.25, -0.2) is 9.78 Å². The molecule has 0 fully saturated rings. The van der Waals surface area contributed by atoms with Gasteiger partial charge in [-0.05, 0) is 30.9 Å². The minimum Gasteiger partial charge on any atom is -0.475 e. The van der Waals surface area contributed by atoms with Gasteiger partial charge in [0.05, 0.1) is 5.69 Å². The van der Waals surface area contributed by atoms with Crippen molar-refractivity contribution in [2.45, 2.75) is 27.2 Å². The third-order valence-electron chi connectivity index (χ3n) is 2.87. The Labute approximate surface area is 112 Å². The molecule has 0 aliphatic carbocycles. The summed E-state index contributed by atoms with van der Waals surface area (Å²) >= 11 is 0. The number of nitrogens with zero attached hydrogens (tertiary/aromatic N) is 1. The van der Waals surface area contributed by atoms with Crippen molar-refractivity contribution in [3.63, 3.8) is 0 Å². The average Bonchev–Trinajstić information content (AvgIpc) is 2.72. The minimum absolute atomic E-state index is 0.0491. The lowest BCUT2D eigenvalue weighted by Crippen LogP contribution is -2.03. The molecule has 0 amide bonds. The first-order valence-corrected chi connectivity index (χ1v) is 6.28. The third kappa shape index (κ3) is 2.84. The zero-order chi connectivity index (χ0) is 14.0. The van der Waals surface area contributed by atoms with Gasteiger partial charge in [-0.3, -0.25) is 0 Å². The molecule has 0 radical (unpaired) electrons. The molecule has 2 rings (SSSR count). The van der Waals surface area contributed by atoms with E-state index in [-0.39, 0.29) is 5.76 Å². The summed E-state index contributed by atoms with van der Waals surface area (Å²) in [5, 5.41) is 9.17. The molecular weight excluding hydrogens is 242 g/mol. The number of aryl methyl sites for hydroxylation is 1. The van der Waals surface area contributed by atoms with E-state index in [9.17, 15) is 9.90 Å². The molecule has 0 unspecified atom stereocenters. The first-order chi connectivity index (χ1) is 8.99. The summed E-state index contributed by atoms with van der Waals surface area (Å²) in [5.41, 5.74) is 2.36. The number of hydrogen-bond acceptors (Lipinski definition) is 3. The highest BCUT2D eigenvalue weighted by atomic mass is 16.4. The molecule has 4 nitrogen and oxygen atoms in total. The second kappa shape index (κ2) is 5.26. The van der Waals surface area contributed by atoms with Crippen LogP contribution in [0.5, 0.6) is 0 Å². The van der Waals surface area contributed by atoms with Crippen LogP contribution in [0.25, 0.3) is 11.5 Å². The number of aromatic carboxylic acids is 1.